The Hall–Kier alpha value is -2.11. The molecule has 0 saturated heterocycles. The molecule has 2 aliphatic heterocycles. The van der Waals surface area contributed by atoms with E-state index in [2.05, 4.69) is 33.5 Å². The Bertz CT molecular complexity index is 970. The number of amides is 2. The lowest BCUT2D eigenvalue weighted by atomic mass is 10.00. The number of hydrogen-bond acceptors (Lipinski definition) is 6. The maximum Gasteiger partial charge on any atom is 0.243 e. The lowest BCUT2D eigenvalue weighted by Gasteiger charge is -2.25. The normalized spacial score (nSPS) is 22.9. The third kappa shape index (κ3) is 11.4. The first-order valence-electron chi connectivity index (χ1n) is 12.2. The Morgan fingerprint density at radius 2 is 1.92 bits per heavy atom. The minimum atomic E-state index is -0.967. The van der Waals surface area contributed by atoms with Gasteiger partial charge in [0.05, 0.1) is 11.7 Å². The van der Waals surface area contributed by atoms with Crippen molar-refractivity contribution in [3.63, 3.8) is 0 Å². The summed E-state index contributed by atoms with van der Waals surface area (Å²) in [6.07, 6.45) is 5.62. The number of nitrogens with zero attached hydrogens (tertiary/aromatic N) is 1. The number of carbonyl (C=O) groups excluding carboxylic acids is 3. The number of nitrogens with two attached hydrogens (primary N) is 3. The summed E-state index contributed by atoms with van der Waals surface area (Å²) in [6, 6.07) is 5.74. The number of ketones is 1. The predicted octanol–water partition coefficient (Wildman–Crippen LogP) is 1.33. The van der Waals surface area contributed by atoms with Gasteiger partial charge in [-0.1, -0.05) is 31.6 Å². The van der Waals surface area contributed by atoms with Crippen molar-refractivity contribution < 1.29 is 19.1 Å². The van der Waals surface area contributed by atoms with E-state index in [-0.39, 0.29) is 42.4 Å². The topological polar surface area (TPSA) is 175 Å². The fraction of sp³-hybridized carbons (Fsp3) is 0.500. The zero-order chi connectivity index (χ0) is 27.4. The fourth-order valence-electron chi connectivity index (χ4n) is 3.73. The highest BCUT2D eigenvalue weighted by atomic mass is 32.4. The van der Waals surface area contributed by atoms with Crippen LogP contribution in [-0.4, -0.2) is 60.5 Å². The van der Waals surface area contributed by atoms with Gasteiger partial charge in [0.25, 0.3) is 0 Å². The second-order valence-electron chi connectivity index (χ2n) is 9.03. The smallest absolute Gasteiger partial charge is 0.243 e. The first kappa shape index (κ1) is 31.1. The van der Waals surface area contributed by atoms with E-state index in [1.165, 1.54) is 0 Å². The van der Waals surface area contributed by atoms with E-state index < -0.39 is 25.0 Å². The van der Waals surface area contributed by atoms with Crippen LogP contribution in [-0.2, 0) is 20.8 Å². The second kappa shape index (κ2) is 16.0. The lowest BCUT2D eigenvalue weighted by molar-refractivity contribution is -0.130. The molecule has 0 aliphatic carbocycles. The van der Waals surface area contributed by atoms with Crippen molar-refractivity contribution in [3.8, 4) is 5.75 Å². The number of nitrogens with one attached hydrogen (secondary N) is 2. The number of Topliss-reactive ketones (excluding diaryl/α,β-unsaturated/α-hetero) is 1. The summed E-state index contributed by atoms with van der Waals surface area (Å²) in [7, 11) is 4.25. The average Bonchev–Trinajstić information content (AvgIpc) is 2.84. The molecule has 8 N–H and O–H groups in total. The van der Waals surface area contributed by atoms with Gasteiger partial charge in [-0.2, -0.15) is 0 Å². The van der Waals surface area contributed by atoms with Gasteiger partial charge < -0.3 is 32.6 Å². The molecule has 204 valence electrons. The van der Waals surface area contributed by atoms with Gasteiger partial charge in [-0.05, 0) is 50.3 Å². The molecule has 0 aromatic heterocycles. The van der Waals surface area contributed by atoms with Crippen molar-refractivity contribution in [1.29, 1.82) is 0 Å². The quantitative estimate of drug-likeness (QED) is 0.108. The number of ether oxygens (including phenoxy) is 1. The summed E-state index contributed by atoms with van der Waals surface area (Å²) in [5.41, 5.74) is 17.2. The van der Waals surface area contributed by atoms with Gasteiger partial charge in [-0.3, -0.25) is 19.4 Å². The van der Waals surface area contributed by atoms with E-state index in [1.54, 1.807) is 6.08 Å². The molecule has 2 heterocycles. The van der Waals surface area contributed by atoms with Gasteiger partial charge in [-0.25, -0.2) is 0 Å². The molecule has 0 fully saturated rings. The molecule has 1 aromatic carbocycles. The highest BCUT2D eigenvalue weighted by molar-refractivity contribution is 8.43. The first-order valence-corrected chi connectivity index (χ1v) is 16.8. The molecule has 0 spiro atoms. The van der Waals surface area contributed by atoms with Crippen molar-refractivity contribution in [2.75, 3.05) is 13.2 Å². The van der Waals surface area contributed by atoms with Crippen molar-refractivity contribution in [2.24, 2.45) is 22.2 Å². The largest absolute Gasteiger partial charge is 0.490 e. The van der Waals surface area contributed by atoms with Gasteiger partial charge >= 0.3 is 0 Å². The Kier molecular flexibility index (Phi) is 13.4. The molecule has 2 bridgehead atoms. The summed E-state index contributed by atoms with van der Waals surface area (Å²) in [6.45, 7) is 2.67. The maximum atomic E-state index is 13.2. The van der Waals surface area contributed by atoms with Crippen molar-refractivity contribution in [3.05, 3.63) is 42.0 Å². The monoisotopic (exact) mass is 568 g/mol. The molecule has 6 atom stereocenters. The summed E-state index contributed by atoms with van der Waals surface area (Å²) in [4.78, 5) is 43.2. The molecule has 3 rings (SSSR count). The standard InChI is InChI=1S/C24H39N6O4P3/c1-15(5-4-11-28-24(26)27)29-22(32)19-6-2-3-12-34-17-9-7-16(8-10-17)13-18(25)20(31)14-21(37(35)36)23(33)30-19/h2-3,7-10,15,18-19,21H,4-6,11-14,25,35-36H2,1H3,(H,29,32)(H,30,33)(H4,26,27,28)/b3-2-. The predicted molar refractivity (Wildman–Crippen MR) is 157 cm³/mol. The van der Waals surface area contributed by atoms with Crippen molar-refractivity contribution >= 4 is 48.7 Å². The number of hydrogen-bond donors (Lipinski definition) is 5. The van der Waals surface area contributed by atoms with Crippen LogP contribution in [0.3, 0.4) is 0 Å². The molecule has 13 heteroatoms. The van der Waals surface area contributed by atoms with E-state index in [0.29, 0.717) is 38.2 Å². The van der Waals surface area contributed by atoms with Crippen LogP contribution in [0.25, 0.3) is 0 Å². The van der Waals surface area contributed by atoms with Gasteiger partial charge in [0.1, 0.15) is 18.4 Å². The highest BCUT2D eigenvalue weighted by Gasteiger charge is 2.31. The molecule has 2 amide bonds. The van der Waals surface area contributed by atoms with E-state index in [9.17, 15) is 14.4 Å². The fourth-order valence-corrected chi connectivity index (χ4v) is 5.91. The molecule has 1 aromatic rings. The van der Waals surface area contributed by atoms with Crippen LogP contribution in [0.2, 0.25) is 0 Å². The Morgan fingerprint density at radius 3 is 2.57 bits per heavy atom. The minimum Gasteiger partial charge on any atom is -0.490 e. The molecule has 2 aliphatic rings. The molecule has 0 saturated carbocycles. The minimum absolute atomic E-state index is 0.00172. The van der Waals surface area contributed by atoms with Crippen LogP contribution in [0.1, 0.15) is 38.2 Å². The van der Waals surface area contributed by atoms with Crippen LogP contribution in [0.4, 0.5) is 0 Å². The zero-order valence-electron chi connectivity index (χ0n) is 21.1. The van der Waals surface area contributed by atoms with E-state index in [4.69, 9.17) is 21.9 Å². The van der Waals surface area contributed by atoms with Crippen molar-refractivity contribution in [2.45, 2.75) is 62.8 Å². The molecule has 6 unspecified atom stereocenters. The maximum absolute atomic E-state index is 13.2. The molecule has 0 radical (unpaired) electrons. The summed E-state index contributed by atoms with van der Waals surface area (Å²) >= 11 is 0. The van der Waals surface area contributed by atoms with Gasteiger partial charge in [0, 0.05) is 19.0 Å². The zero-order valence-corrected chi connectivity index (χ0v) is 24.3. The van der Waals surface area contributed by atoms with Gasteiger partial charge in [0.15, 0.2) is 11.7 Å². The van der Waals surface area contributed by atoms with Crippen LogP contribution in [0.5, 0.6) is 5.75 Å². The molecular formula is C24H39N6O4P3. The van der Waals surface area contributed by atoms with Crippen LogP contribution in [0, 0.1) is 0 Å². The third-order valence-electron chi connectivity index (χ3n) is 5.85. The average molecular weight is 569 g/mol. The molecular weight excluding hydrogens is 529 g/mol. The SMILES string of the molecule is CC(CCCN=C(N)N)NC(=O)C1C/C=C\COc2ccc(cc2)CC(N)C(=O)CC(P(P)P)C(=O)N1. The van der Waals surface area contributed by atoms with Crippen molar-refractivity contribution in [1.82, 2.24) is 10.6 Å². The molecule has 37 heavy (non-hydrogen) atoms. The third-order valence-corrected chi connectivity index (χ3v) is 9.14. The van der Waals surface area contributed by atoms with Crippen LogP contribution in [0.15, 0.2) is 41.4 Å². The van der Waals surface area contributed by atoms with Gasteiger partial charge in [0.2, 0.25) is 11.8 Å². The second-order valence-corrected chi connectivity index (χ2v) is 15.9. The van der Waals surface area contributed by atoms with E-state index >= 15 is 0 Å². The summed E-state index contributed by atoms with van der Waals surface area (Å²) in [5, 5.41) is 5.81. The van der Waals surface area contributed by atoms with Crippen LogP contribution < -0.4 is 32.6 Å². The van der Waals surface area contributed by atoms with Crippen LogP contribution >= 0.6 is 25.2 Å². The number of guanidine groups is 1. The van der Waals surface area contributed by atoms with E-state index in [1.807, 2.05) is 37.3 Å². The Labute approximate surface area is 224 Å². The summed E-state index contributed by atoms with van der Waals surface area (Å²) < 4.78 is 5.73. The lowest BCUT2D eigenvalue weighted by Crippen LogP contribution is -2.51. The van der Waals surface area contributed by atoms with E-state index in [0.717, 1.165) is 5.56 Å². The number of carbonyl (C=O) groups is 3. The Balaban J connectivity index is 2.17. The van der Waals surface area contributed by atoms with Gasteiger partial charge in [-0.15, -0.1) is 17.9 Å². The first-order chi connectivity index (χ1) is 17.6. The number of benzene rings is 1. The number of rotatable bonds is 7. The molecule has 10 nitrogen and oxygen atoms in total. The number of aliphatic imine (C=N–C) groups is 1. The summed E-state index contributed by atoms with van der Waals surface area (Å²) in [5.74, 6) is -0.134. The highest BCUT2D eigenvalue weighted by Crippen LogP contribution is 2.58. The number of fused-ring (bicyclic) bond motifs is 13. The Morgan fingerprint density at radius 1 is 1.22 bits per heavy atom.